The highest BCUT2D eigenvalue weighted by Gasteiger charge is 2.51. The molecular weight excluding hydrogens is 372 g/mol. The number of aromatic nitrogens is 2. The smallest absolute Gasteiger partial charge is 0.223 e. The molecule has 5 fully saturated rings. The van der Waals surface area contributed by atoms with Gasteiger partial charge in [0.1, 0.15) is 0 Å². The van der Waals surface area contributed by atoms with Crippen LogP contribution in [0.4, 0.5) is 5.82 Å². The largest absolute Gasteiger partial charge is 0.352 e. The van der Waals surface area contributed by atoms with E-state index >= 15 is 0 Å². The van der Waals surface area contributed by atoms with Crippen molar-refractivity contribution in [3.63, 3.8) is 0 Å². The van der Waals surface area contributed by atoms with Crippen LogP contribution in [0.25, 0.3) is 11.0 Å². The maximum absolute atomic E-state index is 13.2. The fourth-order valence-electron chi connectivity index (χ4n) is 7.49. The molecule has 0 spiro atoms. The third-order valence-corrected chi connectivity index (χ3v) is 8.34. The van der Waals surface area contributed by atoms with Crippen LogP contribution in [0, 0.1) is 30.1 Å². The monoisotopic (exact) mass is 404 g/mol. The van der Waals surface area contributed by atoms with Crippen LogP contribution in [0.2, 0.25) is 0 Å². The number of nitrogens with zero attached hydrogens (tertiary/aromatic N) is 4. The Balaban J connectivity index is 1.12. The highest BCUT2D eigenvalue weighted by atomic mass is 16.2. The molecule has 30 heavy (non-hydrogen) atoms. The molecule has 1 aromatic heterocycles. The van der Waals surface area contributed by atoms with Crippen molar-refractivity contribution in [2.75, 3.05) is 31.1 Å². The van der Waals surface area contributed by atoms with Gasteiger partial charge in [-0.1, -0.05) is 12.1 Å². The van der Waals surface area contributed by atoms with E-state index in [4.69, 9.17) is 9.97 Å². The molecule has 1 saturated heterocycles. The summed E-state index contributed by atoms with van der Waals surface area (Å²) in [6.45, 7) is 5.35. The molecule has 0 atom stereocenters. The molecule has 1 amide bonds. The van der Waals surface area contributed by atoms with E-state index in [2.05, 4.69) is 9.80 Å². The number of carbonyl (C=O) groups is 1. The average molecular weight is 405 g/mol. The first-order valence-corrected chi connectivity index (χ1v) is 11.8. The lowest BCUT2D eigenvalue weighted by Crippen LogP contribution is -2.52. The first-order valence-electron chi connectivity index (χ1n) is 11.8. The highest BCUT2D eigenvalue weighted by molar-refractivity contribution is 5.78. The second-order valence-electron chi connectivity index (χ2n) is 10.6. The Morgan fingerprint density at radius 3 is 2.10 bits per heavy atom. The number of benzene rings is 1. The fourth-order valence-corrected chi connectivity index (χ4v) is 7.49. The second kappa shape index (κ2) is 6.93. The van der Waals surface area contributed by atoms with Gasteiger partial charge in [-0.2, -0.15) is 0 Å². The number of aryl methyl sites for hydroxylation is 1. The number of carbonyl (C=O) groups excluding carboxylic acids is 1. The zero-order chi connectivity index (χ0) is 20.3. The molecule has 4 saturated carbocycles. The van der Waals surface area contributed by atoms with Gasteiger partial charge in [0.15, 0.2) is 5.82 Å². The van der Waals surface area contributed by atoms with Gasteiger partial charge in [-0.3, -0.25) is 4.79 Å². The Labute approximate surface area is 178 Å². The van der Waals surface area contributed by atoms with Crippen LogP contribution in [-0.4, -0.2) is 47.0 Å². The van der Waals surface area contributed by atoms with E-state index in [0.29, 0.717) is 11.3 Å². The van der Waals surface area contributed by atoms with Crippen molar-refractivity contribution < 1.29 is 4.79 Å². The number of rotatable bonds is 3. The second-order valence-corrected chi connectivity index (χ2v) is 10.6. The van der Waals surface area contributed by atoms with Crippen molar-refractivity contribution in [2.24, 2.45) is 23.2 Å². The summed E-state index contributed by atoms with van der Waals surface area (Å²) in [6.07, 6.45) is 9.07. The molecule has 4 aliphatic carbocycles. The van der Waals surface area contributed by atoms with Gasteiger partial charge in [0.2, 0.25) is 5.91 Å². The summed E-state index contributed by atoms with van der Waals surface area (Å²) in [6, 6.07) is 8.05. The van der Waals surface area contributed by atoms with Crippen LogP contribution in [0.1, 0.15) is 50.6 Å². The number of anilines is 1. The van der Waals surface area contributed by atoms with Crippen LogP contribution in [0.5, 0.6) is 0 Å². The van der Waals surface area contributed by atoms with Crippen LogP contribution < -0.4 is 4.90 Å². The molecule has 158 valence electrons. The van der Waals surface area contributed by atoms with Crippen LogP contribution >= 0.6 is 0 Å². The summed E-state index contributed by atoms with van der Waals surface area (Å²) < 4.78 is 0. The average Bonchev–Trinajstić information content (AvgIpc) is 2.72. The van der Waals surface area contributed by atoms with Gasteiger partial charge in [0.05, 0.1) is 16.7 Å². The topological polar surface area (TPSA) is 49.3 Å². The Morgan fingerprint density at radius 2 is 1.50 bits per heavy atom. The van der Waals surface area contributed by atoms with Crippen LogP contribution in [-0.2, 0) is 4.79 Å². The minimum absolute atomic E-state index is 0.337. The first-order chi connectivity index (χ1) is 14.6. The van der Waals surface area contributed by atoms with E-state index in [0.717, 1.165) is 72.9 Å². The Morgan fingerprint density at radius 1 is 0.933 bits per heavy atom. The number of piperazine rings is 1. The van der Waals surface area contributed by atoms with Gasteiger partial charge < -0.3 is 9.80 Å². The molecule has 0 unspecified atom stereocenters. The Hall–Kier alpha value is -2.17. The molecule has 1 aromatic carbocycles. The van der Waals surface area contributed by atoms with Crippen molar-refractivity contribution in [1.82, 2.24) is 14.9 Å². The van der Waals surface area contributed by atoms with Crippen molar-refractivity contribution in [3.05, 3.63) is 30.0 Å². The number of hydrogen-bond donors (Lipinski definition) is 0. The summed E-state index contributed by atoms with van der Waals surface area (Å²) in [5, 5.41) is 0. The van der Waals surface area contributed by atoms with Crippen LogP contribution in [0.15, 0.2) is 24.3 Å². The van der Waals surface area contributed by atoms with Crippen LogP contribution in [0.3, 0.4) is 0 Å². The van der Waals surface area contributed by atoms with Gasteiger partial charge in [0.25, 0.3) is 0 Å². The number of fused-ring (bicyclic) bond motifs is 1. The molecule has 4 bridgehead atoms. The minimum Gasteiger partial charge on any atom is -0.352 e. The first kappa shape index (κ1) is 18.6. The summed E-state index contributed by atoms with van der Waals surface area (Å²) in [5.74, 6) is 4.11. The molecule has 5 heteroatoms. The summed E-state index contributed by atoms with van der Waals surface area (Å²) in [7, 11) is 0. The Kier molecular flexibility index (Phi) is 4.29. The van der Waals surface area contributed by atoms with E-state index in [9.17, 15) is 4.79 Å². The summed E-state index contributed by atoms with van der Waals surface area (Å²) >= 11 is 0. The van der Waals surface area contributed by atoms with Crippen molar-refractivity contribution >= 4 is 22.8 Å². The third kappa shape index (κ3) is 3.17. The van der Waals surface area contributed by atoms with E-state index in [1.54, 1.807) is 0 Å². The van der Waals surface area contributed by atoms with Gasteiger partial charge >= 0.3 is 0 Å². The van der Waals surface area contributed by atoms with E-state index in [1.165, 1.54) is 38.5 Å². The summed E-state index contributed by atoms with van der Waals surface area (Å²) in [5.41, 5.74) is 3.20. The van der Waals surface area contributed by atoms with Gasteiger partial charge in [-0.05, 0) is 80.8 Å². The molecule has 5 aliphatic rings. The van der Waals surface area contributed by atoms with E-state index in [-0.39, 0.29) is 0 Å². The molecule has 7 rings (SSSR count). The maximum Gasteiger partial charge on any atom is 0.223 e. The molecule has 2 heterocycles. The maximum atomic E-state index is 13.2. The molecule has 1 aliphatic heterocycles. The SMILES string of the molecule is Cc1nc2ccccc2nc1N1CCN(C(=O)CC23CC4CC(CC(C4)C2)C3)CC1. The van der Waals surface area contributed by atoms with E-state index in [1.807, 2.05) is 31.2 Å². The van der Waals surface area contributed by atoms with Crippen molar-refractivity contribution in [1.29, 1.82) is 0 Å². The fraction of sp³-hybridized carbons (Fsp3) is 0.640. The predicted molar refractivity (Wildman–Crippen MR) is 118 cm³/mol. The lowest BCUT2D eigenvalue weighted by Gasteiger charge is -2.57. The van der Waals surface area contributed by atoms with Gasteiger partial charge in [-0.15, -0.1) is 0 Å². The van der Waals surface area contributed by atoms with Crippen molar-refractivity contribution in [3.8, 4) is 0 Å². The highest BCUT2D eigenvalue weighted by Crippen LogP contribution is 2.61. The van der Waals surface area contributed by atoms with Gasteiger partial charge in [0, 0.05) is 32.6 Å². The zero-order valence-corrected chi connectivity index (χ0v) is 18.0. The molecule has 0 radical (unpaired) electrons. The zero-order valence-electron chi connectivity index (χ0n) is 18.0. The molecule has 2 aromatic rings. The standard InChI is InChI=1S/C25H32N4O/c1-17-24(27-22-5-3-2-4-21(22)26-17)29-8-6-28(7-9-29)23(30)16-25-13-18-10-19(14-25)12-20(11-18)15-25/h2-5,18-20H,6-16H2,1H3. The number of para-hydroxylation sites is 2. The van der Waals surface area contributed by atoms with E-state index < -0.39 is 0 Å². The predicted octanol–water partition coefficient (Wildman–Crippen LogP) is 4.19. The summed E-state index contributed by atoms with van der Waals surface area (Å²) in [4.78, 5) is 27.3. The normalized spacial score (nSPS) is 32.8. The third-order valence-electron chi connectivity index (χ3n) is 8.34. The Bertz CT molecular complexity index is 943. The van der Waals surface area contributed by atoms with Gasteiger partial charge in [-0.25, -0.2) is 9.97 Å². The lowest BCUT2D eigenvalue weighted by atomic mass is 9.49. The number of hydrogen-bond acceptors (Lipinski definition) is 4. The molecule has 0 N–H and O–H groups in total. The quantitative estimate of drug-likeness (QED) is 0.770. The lowest BCUT2D eigenvalue weighted by molar-refractivity contribution is -0.139. The molecular formula is C25H32N4O. The molecule has 5 nitrogen and oxygen atoms in total. The number of amides is 1. The minimum atomic E-state index is 0.337. The van der Waals surface area contributed by atoms with Crippen molar-refractivity contribution in [2.45, 2.75) is 51.9 Å².